The van der Waals surface area contributed by atoms with Crippen LogP contribution in [-0.4, -0.2) is 19.7 Å². The Balaban J connectivity index is 2.20. The van der Waals surface area contributed by atoms with Crippen molar-refractivity contribution >= 4 is 21.7 Å². The highest BCUT2D eigenvalue weighted by Crippen LogP contribution is 2.32. The van der Waals surface area contributed by atoms with Gasteiger partial charge in [-0.25, -0.2) is 17.9 Å². The zero-order valence-corrected chi connectivity index (χ0v) is 16.4. The summed E-state index contributed by atoms with van der Waals surface area (Å²) in [6, 6.07) is 5.26. The van der Waals surface area contributed by atoms with Crippen LogP contribution in [0.5, 0.6) is 0 Å². The van der Waals surface area contributed by atoms with Crippen molar-refractivity contribution in [2.75, 3.05) is 5.32 Å². The average Bonchev–Trinajstić information content (AvgIpc) is 2.54. The highest BCUT2D eigenvalue weighted by atomic mass is 32.2. The number of carbonyl (C=O) groups excluding carboxylic acids is 1. The molecule has 0 heterocycles. The Morgan fingerprint density at radius 2 is 1.52 bits per heavy atom. The molecule has 1 fully saturated rings. The van der Waals surface area contributed by atoms with Crippen LogP contribution >= 0.6 is 0 Å². The first-order valence-electron chi connectivity index (χ1n) is 9.17. The fraction of sp³-hybridized carbons (Fsp3) is 0.632. The monoisotopic (exact) mass is 366 g/mol. The van der Waals surface area contributed by atoms with Crippen molar-refractivity contribution in [3.05, 3.63) is 29.3 Å². The lowest BCUT2D eigenvalue weighted by Gasteiger charge is -2.23. The van der Waals surface area contributed by atoms with Gasteiger partial charge in [-0.3, -0.25) is 0 Å². The summed E-state index contributed by atoms with van der Waals surface area (Å²) in [5.41, 5.74) is 2.75. The number of hydrogen-bond acceptors (Lipinski definition) is 3. The van der Waals surface area contributed by atoms with E-state index in [9.17, 15) is 13.2 Å². The van der Waals surface area contributed by atoms with Gasteiger partial charge in [-0.05, 0) is 35.8 Å². The Morgan fingerprint density at radius 3 is 2.00 bits per heavy atom. The first kappa shape index (κ1) is 19.8. The van der Waals surface area contributed by atoms with Crippen LogP contribution in [0.25, 0.3) is 0 Å². The second kappa shape index (κ2) is 8.21. The van der Waals surface area contributed by atoms with Gasteiger partial charge in [0.05, 0.1) is 5.25 Å². The van der Waals surface area contributed by atoms with Crippen LogP contribution in [0.2, 0.25) is 0 Å². The molecule has 1 aromatic carbocycles. The topological polar surface area (TPSA) is 75.3 Å². The Morgan fingerprint density at radius 1 is 1.00 bits per heavy atom. The molecule has 1 saturated carbocycles. The lowest BCUT2D eigenvalue weighted by Crippen LogP contribution is -2.41. The molecule has 0 bridgehead atoms. The van der Waals surface area contributed by atoms with E-state index < -0.39 is 21.3 Å². The van der Waals surface area contributed by atoms with Crippen LogP contribution in [0.3, 0.4) is 0 Å². The lowest BCUT2D eigenvalue weighted by molar-refractivity contribution is 0.256. The minimum absolute atomic E-state index is 0.226. The smallest absolute Gasteiger partial charge is 0.307 e. The van der Waals surface area contributed by atoms with Crippen molar-refractivity contribution in [3.8, 4) is 0 Å². The highest BCUT2D eigenvalue weighted by molar-refractivity contribution is 7.90. The number of carbonyl (C=O) groups is 1. The number of anilines is 1. The minimum Gasteiger partial charge on any atom is -0.307 e. The zero-order valence-electron chi connectivity index (χ0n) is 15.6. The van der Waals surface area contributed by atoms with Crippen LogP contribution < -0.4 is 10.0 Å². The standard InChI is InChI=1S/C19H30N2O3S/c1-13(2)16-11-8-12-17(14(3)4)18(16)20-19(22)21-25(23,24)15-9-6-5-7-10-15/h8,11-15H,5-7,9-10H2,1-4H3,(H2,20,21,22). The van der Waals surface area contributed by atoms with E-state index in [0.717, 1.165) is 36.1 Å². The number of urea groups is 1. The first-order valence-corrected chi connectivity index (χ1v) is 10.7. The number of hydrogen-bond donors (Lipinski definition) is 2. The molecule has 6 heteroatoms. The van der Waals surface area contributed by atoms with Crippen LogP contribution in [-0.2, 0) is 10.0 Å². The number of rotatable bonds is 5. The van der Waals surface area contributed by atoms with Gasteiger partial charge in [-0.15, -0.1) is 0 Å². The molecule has 25 heavy (non-hydrogen) atoms. The molecule has 0 aromatic heterocycles. The summed E-state index contributed by atoms with van der Waals surface area (Å²) in [6.07, 6.45) is 4.13. The van der Waals surface area contributed by atoms with Gasteiger partial charge >= 0.3 is 6.03 Å². The van der Waals surface area contributed by atoms with E-state index in [0.29, 0.717) is 12.8 Å². The summed E-state index contributed by atoms with van der Waals surface area (Å²) >= 11 is 0. The molecular formula is C19H30N2O3S. The zero-order chi connectivity index (χ0) is 18.6. The predicted octanol–water partition coefficient (Wildman–Crippen LogP) is 4.72. The SMILES string of the molecule is CC(C)c1cccc(C(C)C)c1NC(=O)NS(=O)(=O)C1CCCCC1. The number of nitrogens with one attached hydrogen (secondary N) is 2. The molecule has 1 aliphatic carbocycles. The summed E-state index contributed by atoms with van der Waals surface area (Å²) in [5.74, 6) is 0.452. The Labute approximate surface area is 151 Å². The van der Waals surface area contributed by atoms with Gasteiger partial charge in [0, 0.05) is 5.69 Å². The predicted molar refractivity (Wildman–Crippen MR) is 103 cm³/mol. The quantitative estimate of drug-likeness (QED) is 0.792. The molecule has 0 radical (unpaired) electrons. The van der Waals surface area contributed by atoms with Crippen molar-refractivity contribution in [1.29, 1.82) is 0 Å². The van der Waals surface area contributed by atoms with Crippen molar-refractivity contribution in [2.24, 2.45) is 0 Å². The van der Waals surface area contributed by atoms with Crippen LogP contribution in [0.1, 0.15) is 82.8 Å². The normalized spacial score (nSPS) is 16.2. The van der Waals surface area contributed by atoms with Gasteiger partial charge in [0.1, 0.15) is 0 Å². The summed E-state index contributed by atoms with van der Waals surface area (Å²) in [5, 5.41) is 2.35. The van der Waals surface area contributed by atoms with Crippen molar-refractivity contribution in [1.82, 2.24) is 4.72 Å². The lowest BCUT2D eigenvalue weighted by atomic mass is 9.93. The van der Waals surface area contributed by atoms with Crippen molar-refractivity contribution in [2.45, 2.75) is 76.9 Å². The van der Waals surface area contributed by atoms with Gasteiger partial charge in [-0.2, -0.15) is 0 Å². The third-order valence-corrected chi connectivity index (χ3v) is 6.66. The Bertz CT molecular complexity index is 679. The molecular weight excluding hydrogens is 336 g/mol. The first-order chi connectivity index (χ1) is 11.7. The second-order valence-corrected chi connectivity index (χ2v) is 9.44. The van der Waals surface area contributed by atoms with E-state index in [1.54, 1.807) is 0 Å². The molecule has 0 unspecified atom stereocenters. The highest BCUT2D eigenvalue weighted by Gasteiger charge is 2.29. The van der Waals surface area contributed by atoms with E-state index >= 15 is 0 Å². The molecule has 2 N–H and O–H groups in total. The Hall–Kier alpha value is -1.56. The molecule has 0 spiro atoms. The second-order valence-electron chi connectivity index (χ2n) is 7.48. The van der Waals surface area contributed by atoms with E-state index in [2.05, 4.69) is 37.7 Å². The summed E-state index contributed by atoms with van der Waals surface area (Å²) in [7, 11) is -3.63. The molecule has 0 aliphatic heterocycles. The number of para-hydroxylation sites is 1. The minimum atomic E-state index is -3.63. The van der Waals surface area contributed by atoms with Crippen molar-refractivity contribution in [3.63, 3.8) is 0 Å². The van der Waals surface area contributed by atoms with E-state index in [4.69, 9.17) is 0 Å². The summed E-state index contributed by atoms with van der Waals surface area (Å²) in [4.78, 5) is 12.4. The largest absolute Gasteiger partial charge is 0.332 e. The summed E-state index contributed by atoms with van der Waals surface area (Å²) < 4.78 is 27.1. The fourth-order valence-electron chi connectivity index (χ4n) is 3.42. The van der Waals surface area contributed by atoms with Gasteiger partial charge in [0.2, 0.25) is 10.0 Å². The van der Waals surface area contributed by atoms with Crippen molar-refractivity contribution < 1.29 is 13.2 Å². The Kier molecular flexibility index (Phi) is 6.49. The molecule has 5 nitrogen and oxygen atoms in total. The summed E-state index contributed by atoms with van der Waals surface area (Å²) in [6.45, 7) is 8.23. The van der Waals surface area contributed by atoms with E-state index in [-0.39, 0.29) is 11.8 Å². The van der Waals surface area contributed by atoms with E-state index in [1.165, 1.54) is 0 Å². The molecule has 0 atom stereocenters. The molecule has 0 saturated heterocycles. The molecule has 2 rings (SSSR count). The maximum atomic E-state index is 12.5. The maximum Gasteiger partial charge on any atom is 0.332 e. The molecule has 140 valence electrons. The number of amides is 2. The van der Waals surface area contributed by atoms with Gasteiger partial charge < -0.3 is 5.32 Å². The molecule has 1 aliphatic rings. The van der Waals surface area contributed by atoms with Crippen LogP contribution in [0.4, 0.5) is 10.5 Å². The fourth-order valence-corrected chi connectivity index (χ4v) is 4.85. The third kappa shape index (κ3) is 4.97. The van der Waals surface area contributed by atoms with Gasteiger partial charge in [-0.1, -0.05) is 65.2 Å². The van der Waals surface area contributed by atoms with E-state index in [1.807, 2.05) is 18.2 Å². The number of sulfonamides is 1. The van der Waals surface area contributed by atoms with Crippen LogP contribution in [0, 0.1) is 0 Å². The third-order valence-electron chi connectivity index (χ3n) is 4.84. The maximum absolute atomic E-state index is 12.5. The average molecular weight is 367 g/mol. The number of benzene rings is 1. The van der Waals surface area contributed by atoms with Gasteiger partial charge in [0.15, 0.2) is 0 Å². The van der Waals surface area contributed by atoms with Gasteiger partial charge in [0.25, 0.3) is 0 Å². The van der Waals surface area contributed by atoms with Crippen LogP contribution in [0.15, 0.2) is 18.2 Å². The molecule has 1 aromatic rings. The molecule has 2 amide bonds.